The molecule has 1 heterocycles. The number of nitrogens with zero attached hydrogens (tertiary/aromatic N) is 2. The summed E-state index contributed by atoms with van der Waals surface area (Å²) in [6, 6.07) is 0. The Bertz CT molecular complexity index is 581. The zero-order chi connectivity index (χ0) is 14.3. The van der Waals surface area contributed by atoms with Crippen LogP contribution < -0.4 is 5.14 Å². The van der Waals surface area contributed by atoms with Crippen LogP contribution in [-0.2, 0) is 21.8 Å². The number of ether oxygens (including phenoxy) is 1. The van der Waals surface area contributed by atoms with Crippen molar-refractivity contribution in [1.82, 2.24) is 9.78 Å². The van der Waals surface area contributed by atoms with E-state index in [9.17, 15) is 13.2 Å². The molecule has 0 unspecified atom stereocenters. The number of sulfonamides is 1. The van der Waals surface area contributed by atoms with Crippen molar-refractivity contribution in [2.45, 2.75) is 38.3 Å². The summed E-state index contributed by atoms with van der Waals surface area (Å²) in [5, 5.41) is 8.62. The molecule has 2 N–H and O–H groups in total. The summed E-state index contributed by atoms with van der Waals surface area (Å²) < 4.78 is 29.1. The molecule has 0 saturated heterocycles. The molecular formula is C10H17N3O4S. The number of rotatable bonds is 2. The van der Waals surface area contributed by atoms with Crippen molar-refractivity contribution in [2.75, 3.05) is 0 Å². The Labute approximate surface area is 106 Å². The smallest absolute Gasteiger partial charge is 0.343 e. The number of carbonyl (C=O) groups is 1. The molecule has 18 heavy (non-hydrogen) atoms. The summed E-state index contributed by atoms with van der Waals surface area (Å²) in [5.41, 5.74) is -0.583. The molecule has 7 nitrogen and oxygen atoms in total. The first-order chi connectivity index (χ1) is 7.93. The number of primary sulfonamides is 1. The van der Waals surface area contributed by atoms with Crippen LogP contribution in [0.1, 0.15) is 36.8 Å². The minimum atomic E-state index is -4.04. The standard InChI is InChI=1S/C10H17N3O4S/c1-6-7(9(14)17-10(2,3)4)8(13(5)12-6)18(11,15)16/h1-5H3,(H2,11,15,16). The minimum Gasteiger partial charge on any atom is -0.456 e. The fraction of sp³-hybridized carbons (Fsp3) is 0.600. The zero-order valence-electron chi connectivity index (χ0n) is 11.0. The molecule has 0 aliphatic rings. The van der Waals surface area contributed by atoms with Crippen molar-refractivity contribution in [1.29, 1.82) is 0 Å². The number of nitrogens with two attached hydrogens (primary N) is 1. The number of hydrogen-bond acceptors (Lipinski definition) is 5. The highest BCUT2D eigenvalue weighted by Gasteiger charge is 2.30. The van der Waals surface area contributed by atoms with E-state index < -0.39 is 21.6 Å². The summed E-state index contributed by atoms with van der Waals surface area (Å²) in [6.45, 7) is 6.58. The first kappa shape index (κ1) is 14.7. The van der Waals surface area contributed by atoms with Gasteiger partial charge in [0.25, 0.3) is 10.0 Å². The van der Waals surface area contributed by atoms with Crippen LogP contribution in [0, 0.1) is 6.92 Å². The van der Waals surface area contributed by atoms with E-state index in [0.29, 0.717) is 0 Å². The Hall–Kier alpha value is -1.41. The predicted octanol–water partition coefficient (Wildman–Crippen LogP) is 0.331. The van der Waals surface area contributed by atoms with Crippen LogP contribution >= 0.6 is 0 Å². The third-order valence-corrected chi connectivity index (χ3v) is 3.05. The molecule has 1 aromatic heterocycles. The first-order valence-corrected chi connectivity index (χ1v) is 6.78. The lowest BCUT2D eigenvalue weighted by Gasteiger charge is -2.19. The SMILES string of the molecule is Cc1nn(C)c(S(N)(=O)=O)c1C(=O)OC(C)(C)C. The average molecular weight is 275 g/mol. The maximum atomic E-state index is 12.0. The topological polar surface area (TPSA) is 104 Å². The normalized spacial score (nSPS) is 12.6. The Kier molecular flexibility index (Phi) is 3.55. The molecule has 0 aliphatic heterocycles. The lowest BCUT2D eigenvalue weighted by molar-refractivity contribution is 0.00639. The number of aryl methyl sites for hydroxylation is 2. The molecule has 8 heteroatoms. The van der Waals surface area contributed by atoms with Crippen molar-refractivity contribution < 1.29 is 17.9 Å². The molecule has 1 aromatic rings. The van der Waals surface area contributed by atoms with Gasteiger partial charge in [-0.05, 0) is 27.7 Å². The molecule has 0 bridgehead atoms. The average Bonchev–Trinajstić information content (AvgIpc) is 2.36. The Balaban J connectivity index is 3.38. The molecule has 0 amide bonds. The van der Waals surface area contributed by atoms with Crippen molar-refractivity contribution >= 4 is 16.0 Å². The monoisotopic (exact) mass is 275 g/mol. The van der Waals surface area contributed by atoms with Gasteiger partial charge >= 0.3 is 5.97 Å². The van der Waals surface area contributed by atoms with Gasteiger partial charge in [-0.15, -0.1) is 0 Å². The highest BCUT2D eigenvalue weighted by atomic mass is 32.2. The molecule has 1 rings (SSSR count). The van der Waals surface area contributed by atoms with Crippen molar-refractivity contribution in [3.8, 4) is 0 Å². The van der Waals surface area contributed by atoms with Crippen LogP contribution in [0.3, 0.4) is 0 Å². The quantitative estimate of drug-likeness (QED) is 0.783. The lowest BCUT2D eigenvalue weighted by Crippen LogP contribution is -2.26. The van der Waals surface area contributed by atoms with Gasteiger partial charge in [0.05, 0.1) is 5.69 Å². The molecule has 0 fully saturated rings. The number of esters is 1. The van der Waals surface area contributed by atoms with Gasteiger partial charge in [-0.25, -0.2) is 18.4 Å². The van der Waals surface area contributed by atoms with Gasteiger partial charge in [0, 0.05) is 7.05 Å². The second-order valence-electron chi connectivity index (χ2n) is 4.94. The van der Waals surface area contributed by atoms with E-state index >= 15 is 0 Å². The summed E-state index contributed by atoms with van der Waals surface area (Å²) >= 11 is 0. The third kappa shape index (κ3) is 3.08. The molecule has 0 radical (unpaired) electrons. The van der Waals surface area contributed by atoms with Gasteiger partial charge in [-0.3, -0.25) is 4.68 Å². The van der Waals surface area contributed by atoms with Gasteiger partial charge in [-0.2, -0.15) is 5.10 Å². The van der Waals surface area contributed by atoms with Crippen LogP contribution in [0.2, 0.25) is 0 Å². The van der Waals surface area contributed by atoms with E-state index in [-0.39, 0.29) is 16.3 Å². The zero-order valence-corrected chi connectivity index (χ0v) is 11.8. The van der Waals surface area contributed by atoms with Gasteiger partial charge in [-0.1, -0.05) is 0 Å². The van der Waals surface area contributed by atoms with Crippen molar-refractivity contribution in [3.05, 3.63) is 11.3 Å². The Morgan fingerprint density at radius 1 is 1.39 bits per heavy atom. The van der Waals surface area contributed by atoms with Gasteiger partial charge in [0.1, 0.15) is 11.2 Å². The fourth-order valence-corrected chi connectivity index (χ4v) is 2.45. The Morgan fingerprint density at radius 3 is 2.28 bits per heavy atom. The summed E-state index contributed by atoms with van der Waals surface area (Å²) in [6.07, 6.45) is 0. The van der Waals surface area contributed by atoms with Gasteiger partial charge in [0.2, 0.25) is 0 Å². The van der Waals surface area contributed by atoms with Crippen LogP contribution in [0.5, 0.6) is 0 Å². The predicted molar refractivity (Wildman–Crippen MR) is 64.5 cm³/mol. The van der Waals surface area contributed by atoms with Gasteiger partial charge < -0.3 is 4.74 Å². The number of hydrogen-bond donors (Lipinski definition) is 1. The van der Waals surface area contributed by atoms with E-state index in [4.69, 9.17) is 9.88 Å². The molecule has 102 valence electrons. The van der Waals surface area contributed by atoms with E-state index in [1.807, 2.05) is 0 Å². The number of aromatic nitrogens is 2. The molecular weight excluding hydrogens is 258 g/mol. The highest BCUT2D eigenvalue weighted by Crippen LogP contribution is 2.21. The minimum absolute atomic E-state index is 0.116. The molecule has 0 spiro atoms. The molecule has 0 aromatic carbocycles. The second-order valence-corrected chi connectivity index (χ2v) is 6.41. The van der Waals surface area contributed by atoms with Crippen LogP contribution in [0.4, 0.5) is 0 Å². The third-order valence-electron chi connectivity index (χ3n) is 2.04. The van der Waals surface area contributed by atoms with E-state index in [1.54, 1.807) is 20.8 Å². The van der Waals surface area contributed by atoms with Crippen LogP contribution in [-0.4, -0.2) is 29.8 Å². The van der Waals surface area contributed by atoms with Crippen molar-refractivity contribution in [2.24, 2.45) is 12.2 Å². The van der Waals surface area contributed by atoms with Crippen LogP contribution in [0.25, 0.3) is 0 Å². The molecule has 0 atom stereocenters. The maximum Gasteiger partial charge on any atom is 0.343 e. The number of carbonyl (C=O) groups excluding carboxylic acids is 1. The Morgan fingerprint density at radius 2 is 1.89 bits per heavy atom. The maximum absolute atomic E-state index is 12.0. The fourth-order valence-electron chi connectivity index (χ4n) is 1.53. The highest BCUT2D eigenvalue weighted by molar-refractivity contribution is 7.89. The van der Waals surface area contributed by atoms with E-state index in [1.165, 1.54) is 14.0 Å². The second kappa shape index (κ2) is 4.36. The van der Waals surface area contributed by atoms with Crippen LogP contribution in [0.15, 0.2) is 5.03 Å². The lowest BCUT2D eigenvalue weighted by atomic mass is 10.2. The van der Waals surface area contributed by atoms with E-state index in [0.717, 1.165) is 4.68 Å². The van der Waals surface area contributed by atoms with Gasteiger partial charge in [0.15, 0.2) is 5.03 Å². The first-order valence-electron chi connectivity index (χ1n) is 5.23. The van der Waals surface area contributed by atoms with E-state index in [2.05, 4.69) is 5.10 Å². The largest absolute Gasteiger partial charge is 0.456 e. The molecule has 0 saturated carbocycles. The molecule has 0 aliphatic carbocycles. The summed E-state index contributed by atoms with van der Waals surface area (Å²) in [5.74, 6) is -0.753. The van der Waals surface area contributed by atoms with Crippen molar-refractivity contribution in [3.63, 3.8) is 0 Å². The summed E-state index contributed by atoms with van der Waals surface area (Å²) in [4.78, 5) is 12.0. The summed E-state index contributed by atoms with van der Waals surface area (Å²) in [7, 11) is -2.64.